The van der Waals surface area contributed by atoms with Crippen LogP contribution in [-0.2, 0) is 24.8 Å². The van der Waals surface area contributed by atoms with Crippen LogP contribution in [0.5, 0.6) is 0 Å². The van der Waals surface area contributed by atoms with Gasteiger partial charge in [-0.3, -0.25) is 14.4 Å². The summed E-state index contributed by atoms with van der Waals surface area (Å²) in [5, 5.41) is 18.5. The molecule has 0 unspecified atom stereocenters. The van der Waals surface area contributed by atoms with E-state index in [2.05, 4.69) is 30.4 Å². The minimum absolute atomic E-state index is 0.0617. The van der Waals surface area contributed by atoms with Gasteiger partial charge < -0.3 is 10.2 Å². The molecular formula is C18H26ClN7OS. The number of piperazine rings is 1. The Morgan fingerprint density at radius 1 is 1.25 bits per heavy atom. The summed E-state index contributed by atoms with van der Waals surface area (Å²) < 4.78 is 1.75. The topological polar surface area (TPSA) is 79.2 Å². The minimum Gasteiger partial charge on any atom is -0.353 e. The Bertz CT molecular complexity index is 809. The summed E-state index contributed by atoms with van der Waals surface area (Å²) >= 11 is 7.74. The molecule has 2 aromatic heterocycles. The van der Waals surface area contributed by atoms with E-state index in [1.54, 1.807) is 4.68 Å². The molecule has 1 amide bonds. The first kappa shape index (κ1) is 19.6. The van der Waals surface area contributed by atoms with Crippen molar-refractivity contribution < 1.29 is 4.79 Å². The lowest BCUT2D eigenvalue weighted by Crippen LogP contribution is -2.46. The lowest BCUT2D eigenvalue weighted by atomic mass is 10.2. The molecule has 0 atom stereocenters. The zero-order valence-corrected chi connectivity index (χ0v) is 17.7. The van der Waals surface area contributed by atoms with Crippen LogP contribution >= 0.6 is 22.9 Å². The molecule has 1 saturated heterocycles. The Kier molecular flexibility index (Phi) is 6.13. The van der Waals surface area contributed by atoms with E-state index in [0.717, 1.165) is 66.4 Å². The third-order valence-corrected chi connectivity index (χ3v) is 6.66. The average Bonchev–Trinajstić information content (AvgIpc) is 3.39. The molecule has 0 aromatic carbocycles. The van der Waals surface area contributed by atoms with Crippen molar-refractivity contribution in [1.82, 2.24) is 30.2 Å². The van der Waals surface area contributed by atoms with Gasteiger partial charge in [0.1, 0.15) is 5.01 Å². The molecule has 4 rings (SSSR count). The molecule has 2 aromatic rings. The molecule has 0 spiro atoms. The van der Waals surface area contributed by atoms with Gasteiger partial charge in [-0.2, -0.15) is 5.10 Å². The van der Waals surface area contributed by atoms with Crippen LogP contribution in [0.1, 0.15) is 36.4 Å². The van der Waals surface area contributed by atoms with Gasteiger partial charge in [0.05, 0.1) is 17.1 Å². The van der Waals surface area contributed by atoms with Crippen molar-refractivity contribution in [3.05, 3.63) is 21.9 Å². The monoisotopic (exact) mass is 423 g/mol. The molecular weight excluding hydrogens is 398 g/mol. The summed E-state index contributed by atoms with van der Waals surface area (Å²) in [4.78, 5) is 16.8. The van der Waals surface area contributed by atoms with E-state index in [9.17, 15) is 4.79 Å². The van der Waals surface area contributed by atoms with E-state index in [1.807, 2.05) is 13.2 Å². The first-order valence-corrected chi connectivity index (χ1v) is 11.0. The van der Waals surface area contributed by atoms with Gasteiger partial charge in [-0.05, 0) is 12.8 Å². The Hall–Kier alpha value is -1.71. The third-order valence-electron chi connectivity index (χ3n) is 5.36. The van der Waals surface area contributed by atoms with Crippen molar-refractivity contribution in [3.63, 3.8) is 0 Å². The highest BCUT2D eigenvalue weighted by molar-refractivity contribution is 7.15. The molecule has 8 nitrogen and oxygen atoms in total. The molecule has 10 heteroatoms. The maximum atomic E-state index is 12.2. The summed E-state index contributed by atoms with van der Waals surface area (Å²) in [6.45, 7) is 4.37. The van der Waals surface area contributed by atoms with E-state index in [-0.39, 0.29) is 5.91 Å². The van der Waals surface area contributed by atoms with Crippen LogP contribution in [0.15, 0.2) is 6.20 Å². The Morgan fingerprint density at radius 2 is 2.00 bits per heavy atom. The number of nitrogens with zero attached hydrogens (tertiary/aromatic N) is 6. The lowest BCUT2D eigenvalue weighted by Gasteiger charge is -2.33. The van der Waals surface area contributed by atoms with Crippen molar-refractivity contribution in [2.75, 3.05) is 31.1 Å². The minimum atomic E-state index is 0.0617. The van der Waals surface area contributed by atoms with Crippen molar-refractivity contribution in [2.24, 2.45) is 7.05 Å². The normalized spacial score (nSPS) is 18.7. The zero-order chi connectivity index (χ0) is 19.5. The molecule has 2 fully saturated rings. The summed E-state index contributed by atoms with van der Waals surface area (Å²) in [5.74, 6) is 0.0617. The van der Waals surface area contributed by atoms with E-state index >= 15 is 0 Å². The van der Waals surface area contributed by atoms with Gasteiger partial charge in [0.15, 0.2) is 0 Å². The summed E-state index contributed by atoms with van der Waals surface area (Å²) in [7, 11) is 1.88. The van der Waals surface area contributed by atoms with E-state index in [1.165, 1.54) is 24.2 Å². The molecule has 1 aliphatic carbocycles. The first-order valence-electron chi connectivity index (χ1n) is 9.84. The predicted octanol–water partition coefficient (Wildman–Crippen LogP) is 1.85. The van der Waals surface area contributed by atoms with Crippen molar-refractivity contribution in [1.29, 1.82) is 0 Å². The fourth-order valence-electron chi connectivity index (χ4n) is 3.85. The highest BCUT2D eigenvalue weighted by atomic mass is 35.5. The largest absolute Gasteiger partial charge is 0.353 e. The number of halogens is 1. The number of aryl methyl sites for hydroxylation is 1. The van der Waals surface area contributed by atoms with E-state index in [4.69, 9.17) is 11.6 Å². The molecule has 2 aliphatic rings. The van der Waals surface area contributed by atoms with Gasteiger partial charge in [-0.1, -0.05) is 35.8 Å². The quantitative estimate of drug-likeness (QED) is 0.763. The fraction of sp³-hybridized carbons (Fsp3) is 0.667. The smallest absolute Gasteiger partial charge is 0.227 e. The van der Waals surface area contributed by atoms with Gasteiger partial charge >= 0.3 is 0 Å². The number of rotatable bonds is 6. The van der Waals surface area contributed by atoms with Crippen LogP contribution in [0.2, 0.25) is 5.02 Å². The van der Waals surface area contributed by atoms with Crippen LogP contribution in [0.3, 0.4) is 0 Å². The number of aromatic nitrogens is 4. The highest BCUT2D eigenvalue weighted by Crippen LogP contribution is 2.23. The molecule has 1 aliphatic heterocycles. The van der Waals surface area contributed by atoms with Crippen molar-refractivity contribution in [3.8, 4) is 0 Å². The lowest BCUT2D eigenvalue weighted by molar-refractivity contribution is -0.121. The van der Waals surface area contributed by atoms with Crippen LogP contribution in [0.25, 0.3) is 0 Å². The number of nitrogens with one attached hydrogen (secondary N) is 1. The maximum Gasteiger partial charge on any atom is 0.227 e. The molecule has 0 bridgehead atoms. The van der Waals surface area contributed by atoms with Crippen LogP contribution in [0, 0.1) is 0 Å². The van der Waals surface area contributed by atoms with Gasteiger partial charge in [-0.15, -0.1) is 10.2 Å². The van der Waals surface area contributed by atoms with E-state index < -0.39 is 0 Å². The van der Waals surface area contributed by atoms with Gasteiger partial charge in [-0.25, -0.2) is 0 Å². The van der Waals surface area contributed by atoms with Crippen molar-refractivity contribution >= 4 is 34.0 Å². The molecule has 3 heterocycles. The zero-order valence-electron chi connectivity index (χ0n) is 16.1. The second-order valence-corrected chi connectivity index (χ2v) is 9.01. The summed E-state index contributed by atoms with van der Waals surface area (Å²) in [6, 6.07) is 0.348. The SMILES string of the molecule is Cn1cc(Cl)c(CN2CCN(c3nnc(CC(=O)NC4CCCC4)s3)CC2)n1. The van der Waals surface area contributed by atoms with Crippen LogP contribution in [-0.4, -0.2) is 63.0 Å². The average molecular weight is 424 g/mol. The Labute approximate surface area is 173 Å². The number of carbonyl (C=O) groups is 1. The Balaban J connectivity index is 1.25. The number of carbonyl (C=O) groups excluding carboxylic acids is 1. The molecule has 1 N–H and O–H groups in total. The van der Waals surface area contributed by atoms with Crippen LogP contribution < -0.4 is 10.2 Å². The Morgan fingerprint density at radius 3 is 2.68 bits per heavy atom. The highest BCUT2D eigenvalue weighted by Gasteiger charge is 2.23. The summed E-state index contributed by atoms with van der Waals surface area (Å²) in [6.07, 6.45) is 6.78. The second-order valence-electron chi connectivity index (χ2n) is 7.56. The standard InChI is InChI=1S/C18H26ClN7OS/c1-24-11-14(19)15(23-24)12-25-6-8-26(9-7-25)18-22-21-17(28-18)10-16(27)20-13-4-2-3-5-13/h11,13H,2-10,12H2,1H3,(H,20,27). The number of anilines is 1. The maximum absolute atomic E-state index is 12.2. The first-order chi connectivity index (χ1) is 13.6. The second kappa shape index (κ2) is 8.75. The fourth-order valence-corrected chi connectivity index (χ4v) is 4.98. The predicted molar refractivity (Wildman–Crippen MR) is 110 cm³/mol. The van der Waals surface area contributed by atoms with E-state index in [0.29, 0.717) is 12.5 Å². The molecule has 1 saturated carbocycles. The van der Waals surface area contributed by atoms with Gasteiger partial charge in [0.2, 0.25) is 11.0 Å². The number of hydrogen-bond acceptors (Lipinski definition) is 7. The molecule has 28 heavy (non-hydrogen) atoms. The molecule has 0 radical (unpaired) electrons. The number of amides is 1. The third kappa shape index (κ3) is 4.82. The number of hydrogen-bond donors (Lipinski definition) is 1. The molecule has 152 valence electrons. The van der Waals surface area contributed by atoms with Gasteiger partial charge in [0, 0.05) is 52.0 Å². The van der Waals surface area contributed by atoms with Gasteiger partial charge in [0.25, 0.3) is 0 Å². The van der Waals surface area contributed by atoms with Crippen LogP contribution in [0.4, 0.5) is 5.13 Å². The summed E-state index contributed by atoms with van der Waals surface area (Å²) in [5.41, 5.74) is 0.920. The van der Waals surface area contributed by atoms with Crippen molar-refractivity contribution in [2.45, 2.75) is 44.7 Å².